The monoisotopic (exact) mass is 374 g/mol. The molecule has 1 aliphatic heterocycles. The minimum atomic E-state index is -0.151. The highest BCUT2D eigenvalue weighted by molar-refractivity contribution is 6.30. The summed E-state index contributed by atoms with van der Waals surface area (Å²) < 4.78 is 1.68. The second-order valence-corrected chi connectivity index (χ2v) is 6.87. The summed E-state index contributed by atoms with van der Waals surface area (Å²) in [5.74, 6) is -0.193. The van der Waals surface area contributed by atoms with Crippen LogP contribution in [0, 0.1) is 5.92 Å². The number of benzene rings is 1. The van der Waals surface area contributed by atoms with Gasteiger partial charge in [-0.25, -0.2) is 0 Å². The van der Waals surface area contributed by atoms with Crippen molar-refractivity contribution in [2.45, 2.75) is 26.3 Å². The maximum atomic E-state index is 12.6. The maximum Gasteiger partial charge on any atom is 0.272 e. The van der Waals surface area contributed by atoms with Crippen molar-refractivity contribution in [3.05, 3.63) is 52.8 Å². The van der Waals surface area contributed by atoms with E-state index in [-0.39, 0.29) is 17.7 Å². The average molecular weight is 375 g/mol. The molecule has 2 amide bonds. The van der Waals surface area contributed by atoms with E-state index in [2.05, 4.69) is 10.4 Å². The first-order valence-corrected chi connectivity index (χ1v) is 9.29. The number of rotatable bonds is 6. The molecule has 0 unspecified atom stereocenters. The molecule has 0 spiro atoms. The van der Waals surface area contributed by atoms with Crippen LogP contribution in [-0.4, -0.2) is 46.1 Å². The van der Waals surface area contributed by atoms with Crippen molar-refractivity contribution in [1.82, 2.24) is 20.0 Å². The second kappa shape index (κ2) is 8.36. The number of hydrogen-bond donors (Lipinski definition) is 1. The molecule has 1 aliphatic rings. The number of halogens is 1. The van der Waals surface area contributed by atoms with E-state index >= 15 is 0 Å². The summed E-state index contributed by atoms with van der Waals surface area (Å²) in [6.07, 6.45) is 3.08. The van der Waals surface area contributed by atoms with E-state index in [9.17, 15) is 9.59 Å². The number of hydrogen-bond acceptors (Lipinski definition) is 3. The SMILES string of the molecule is CCn1nccc1C(=O)N1CC[C@@H](C(=O)NCCc2ccc(Cl)cc2)C1. The number of aromatic nitrogens is 2. The fourth-order valence-corrected chi connectivity index (χ4v) is 3.34. The molecule has 138 valence electrons. The maximum absolute atomic E-state index is 12.6. The minimum absolute atomic E-state index is 0.0123. The summed E-state index contributed by atoms with van der Waals surface area (Å²) in [4.78, 5) is 26.7. The molecule has 0 saturated carbocycles. The Morgan fingerprint density at radius 2 is 2.04 bits per heavy atom. The molecule has 3 rings (SSSR count). The normalized spacial score (nSPS) is 16.7. The lowest BCUT2D eigenvalue weighted by Gasteiger charge is -2.17. The van der Waals surface area contributed by atoms with Gasteiger partial charge in [-0.3, -0.25) is 14.3 Å². The second-order valence-electron chi connectivity index (χ2n) is 6.44. The largest absolute Gasteiger partial charge is 0.355 e. The van der Waals surface area contributed by atoms with Crippen molar-refractivity contribution in [3.63, 3.8) is 0 Å². The van der Waals surface area contributed by atoms with E-state index in [0.29, 0.717) is 43.3 Å². The van der Waals surface area contributed by atoms with Gasteiger partial charge in [-0.2, -0.15) is 5.10 Å². The van der Waals surface area contributed by atoms with Crippen LogP contribution in [0.15, 0.2) is 36.5 Å². The lowest BCUT2D eigenvalue weighted by molar-refractivity contribution is -0.124. The van der Waals surface area contributed by atoms with Gasteiger partial charge in [0.1, 0.15) is 5.69 Å². The van der Waals surface area contributed by atoms with Crippen LogP contribution in [0.25, 0.3) is 0 Å². The van der Waals surface area contributed by atoms with E-state index in [4.69, 9.17) is 11.6 Å². The summed E-state index contributed by atoms with van der Waals surface area (Å²) >= 11 is 5.87. The summed E-state index contributed by atoms with van der Waals surface area (Å²) in [6, 6.07) is 9.34. The van der Waals surface area contributed by atoms with Crippen molar-refractivity contribution in [1.29, 1.82) is 0 Å². The molecule has 1 saturated heterocycles. The van der Waals surface area contributed by atoms with E-state index in [1.807, 2.05) is 31.2 Å². The molecule has 0 aliphatic carbocycles. The summed E-state index contributed by atoms with van der Waals surface area (Å²) in [5, 5.41) is 7.82. The highest BCUT2D eigenvalue weighted by atomic mass is 35.5. The Morgan fingerprint density at radius 3 is 2.77 bits per heavy atom. The van der Waals surface area contributed by atoms with Crippen molar-refractivity contribution < 1.29 is 9.59 Å². The van der Waals surface area contributed by atoms with Crippen molar-refractivity contribution in [2.75, 3.05) is 19.6 Å². The van der Waals surface area contributed by atoms with Gasteiger partial charge in [-0.05, 0) is 43.5 Å². The molecule has 2 heterocycles. The highest BCUT2D eigenvalue weighted by Crippen LogP contribution is 2.19. The van der Waals surface area contributed by atoms with Gasteiger partial charge in [0.15, 0.2) is 0 Å². The predicted molar refractivity (Wildman–Crippen MR) is 100 cm³/mol. The Hall–Kier alpha value is -2.34. The zero-order chi connectivity index (χ0) is 18.5. The van der Waals surface area contributed by atoms with E-state index in [0.717, 1.165) is 12.0 Å². The molecule has 26 heavy (non-hydrogen) atoms. The average Bonchev–Trinajstić information content (AvgIpc) is 3.32. The van der Waals surface area contributed by atoms with Gasteiger partial charge in [0.25, 0.3) is 5.91 Å². The Kier molecular flexibility index (Phi) is 5.93. The molecule has 1 aromatic carbocycles. The number of likely N-dealkylation sites (tertiary alicyclic amines) is 1. The van der Waals surface area contributed by atoms with Crippen LogP contribution in [0.2, 0.25) is 5.02 Å². The van der Waals surface area contributed by atoms with Crippen LogP contribution in [0.4, 0.5) is 0 Å². The molecular weight excluding hydrogens is 352 g/mol. The number of carbonyl (C=O) groups is 2. The molecule has 1 atom stereocenters. The molecular formula is C19H23ClN4O2. The summed E-state index contributed by atoms with van der Waals surface area (Å²) in [5.41, 5.74) is 1.71. The zero-order valence-electron chi connectivity index (χ0n) is 14.8. The molecule has 2 aromatic rings. The Labute approximate surface area is 158 Å². The molecule has 1 aromatic heterocycles. The minimum Gasteiger partial charge on any atom is -0.355 e. The van der Waals surface area contributed by atoms with Crippen molar-refractivity contribution in [3.8, 4) is 0 Å². The lowest BCUT2D eigenvalue weighted by atomic mass is 10.1. The number of amides is 2. The molecule has 1 fully saturated rings. The third-order valence-corrected chi connectivity index (χ3v) is 4.96. The fraction of sp³-hybridized carbons (Fsp3) is 0.421. The number of nitrogens with zero attached hydrogens (tertiary/aromatic N) is 3. The Balaban J connectivity index is 1.48. The molecule has 6 nitrogen and oxygen atoms in total. The fourth-order valence-electron chi connectivity index (χ4n) is 3.21. The van der Waals surface area contributed by atoms with Crippen molar-refractivity contribution in [2.24, 2.45) is 5.92 Å². The molecule has 0 bridgehead atoms. The summed E-state index contributed by atoms with van der Waals surface area (Å²) in [7, 11) is 0. The Morgan fingerprint density at radius 1 is 1.27 bits per heavy atom. The van der Waals surface area contributed by atoms with Gasteiger partial charge >= 0.3 is 0 Å². The van der Waals surface area contributed by atoms with Crippen LogP contribution < -0.4 is 5.32 Å². The molecule has 1 N–H and O–H groups in total. The van der Waals surface area contributed by atoms with Crippen LogP contribution in [0.5, 0.6) is 0 Å². The van der Waals surface area contributed by atoms with Crippen LogP contribution in [0.1, 0.15) is 29.4 Å². The molecule has 0 radical (unpaired) electrons. The molecule has 7 heteroatoms. The van der Waals surface area contributed by atoms with Gasteiger partial charge in [-0.15, -0.1) is 0 Å². The van der Waals surface area contributed by atoms with Crippen LogP contribution in [-0.2, 0) is 17.8 Å². The van der Waals surface area contributed by atoms with E-state index in [1.165, 1.54) is 0 Å². The van der Waals surface area contributed by atoms with Crippen molar-refractivity contribution >= 4 is 23.4 Å². The third-order valence-electron chi connectivity index (χ3n) is 4.71. The quantitative estimate of drug-likeness (QED) is 0.844. The van der Waals surface area contributed by atoms with Gasteiger partial charge < -0.3 is 10.2 Å². The number of aryl methyl sites for hydroxylation is 1. The van der Waals surface area contributed by atoms with Gasteiger partial charge in [0.2, 0.25) is 5.91 Å². The highest BCUT2D eigenvalue weighted by Gasteiger charge is 2.32. The first-order chi connectivity index (χ1) is 12.6. The number of nitrogens with one attached hydrogen (secondary N) is 1. The van der Waals surface area contributed by atoms with E-state index < -0.39 is 0 Å². The smallest absolute Gasteiger partial charge is 0.272 e. The van der Waals surface area contributed by atoms with E-state index in [1.54, 1.807) is 21.8 Å². The number of carbonyl (C=O) groups excluding carboxylic acids is 2. The third kappa shape index (κ3) is 4.25. The van der Waals surface area contributed by atoms with Gasteiger partial charge in [-0.1, -0.05) is 23.7 Å². The first kappa shape index (κ1) is 18.5. The topological polar surface area (TPSA) is 67.2 Å². The summed E-state index contributed by atoms with van der Waals surface area (Å²) in [6.45, 7) is 4.23. The lowest BCUT2D eigenvalue weighted by Crippen LogP contribution is -2.36. The van der Waals surface area contributed by atoms with Crippen LogP contribution >= 0.6 is 11.6 Å². The first-order valence-electron chi connectivity index (χ1n) is 8.91. The predicted octanol–water partition coefficient (Wildman–Crippen LogP) is 2.38. The zero-order valence-corrected chi connectivity index (χ0v) is 15.6. The standard InChI is InChI=1S/C19H23ClN4O2/c1-2-24-17(8-11-22-24)19(26)23-12-9-15(13-23)18(25)21-10-7-14-3-5-16(20)6-4-14/h3-6,8,11,15H,2,7,9-10,12-13H2,1H3,(H,21,25)/t15-/m1/s1. The van der Waals surface area contributed by atoms with Gasteiger partial charge in [0, 0.05) is 37.4 Å². The Bertz CT molecular complexity index is 772. The van der Waals surface area contributed by atoms with Crippen LogP contribution in [0.3, 0.4) is 0 Å². The van der Waals surface area contributed by atoms with Gasteiger partial charge in [0.05, 0.1) is 5.92 Å².